The van der Waals surface area contributed by atoms with Gasteiger partial charge in [0.25, 0.3) is 5.91 Å². The van der Waals surface area contributed by atoms with Gasteiger partial charge in [-0.25, -0.2) is 17.5 Å². The Balaban J connectivity index is 1.59. The van der Waals surface area contributed by atoms with E-state index in [4.69, 9.17) is 11.6 Å². The van der Waals surface area contributed by atoms with E-state index in [9.17, 15) is 27.5 Å². The van der Waals surface area contributed by atoms with Crippen LogP contribution in [-0.2, 0) is 14.8 Å². The molecule has 3 aromatic rings. The van der Waals surface area contributed by atoms with E-state index in [1.54, 1.807) is 6.07 Å². The van der Waals surface area contributed by atoms with Crippen LogP contribution < -0.4 is 15.4 Å². The van der Waals surface area contributed by atoms with Crippen LogP contribution in [0.2, 0.25) is 5.02 Å². The molecule has 2 atom stereocenters. The molecule has 0 bridgehead atoms. The number of hydrogen-bond acceptors (Lipinski definition) is 6. The zero-order chi connectivity index (χ0) is 27.2. The first-order valence-corrected chi connectivity index (χ1v) is 14.3. The lowest BCUT2D eigenvalue weighted by Gasteiger charge is -2.21. The highest BCUT2D eigenvalue weighted by Gasteiger charge is 2.25. The van der Waals surface area contributed by atoms with Crippen LogP contribution in [0.25, 0.3) is 10.1 Å². The van der Waals surface area contributed by atoms with Gasteiger partial charge in [-0.2, -0.15) is 0 Å². The zero-order valence-corrected chi connectivity index (χ0v) is 22.7. The van der Waals surface area contributed by atoms with Crippen LogP contribution in [0, 0.1) is 11.7 Å². The number of aliphatic hydroxyl groups excluding tert-OH is 1. The normalized spacial score (nSPS) is 13.5. The first-order valence-electron chi connectivity index (χ1n) is 11.7. The number of carbonyl (C=O) groups is 2. The van der Waals surface area contributed by atoms with Gasteiger partial charge in [0, 0.05) is 17.3 Å². The number of halogens is 2. The summed E-state index contributed by atoms with van der Waals surface area (Å²) in [7, 11) is -4.14. The second-order valence-corrected chi connectivity index (χ2v) is 12.1. The second-order valence-electron chi connectivity index (χ2n) is 8.96. The lowest BCUT2D eigenvalue weighted by atomic mass is 10.0. The van der Waals surface area contributed by atoms with Gasteiger partial charge in [0.2, 0.25) is 15.9 Å². The molecule has 0 aliphatic carbocycles. The number of nitrogens with one attached hydrogen (secondary N) is 3. The predicted molar refractivity (Wildman–Crippen MR) is 143 cm³/mol. The number of hydrogen-bond donors (Lipinski definition) is 4. The van der Waals surface area contributed by atoms with Crippen molar-refractivity contribution in [1.82, 2.24) is 15.4 Å². The van der Waals surface area contributed by atoms with Crippen molar-refractivity contribution in [2.45, 2.75) is 43.7 Å². The molecule has 0 aliphatic heterocycles. The average Bonchev–Trinajstić information content (AvgIpc) is 3.27. The molecule has 200 valence electrons. The second kappa shape index (κ2) is 12.8. The number of amides is 2. The van der Waals surface area contributed by atoms with E-state index >= 15 is 0 Å². The molecule has 12 heteroatoms. The zero-order valence-electron chi connectivity index (χ0n) is 20.3. The first kappa shape index (κ1) is 29.0. The highest BCUT2D eigenvalue weighted by Crippen LogP contribution is 2.25. The molecule has 2 amide bonds. The van der Waals surface area contributed by atoms with Crippen LogP contribution in [0.4, 0.5) is 4.39 Å². The van der Waals surface area contributed by atoms with Crippen LogP contribution in [0.15, 0.2) is 53.4 Å². The maximum absolute atomic E-state index is 13.3. The number of carbonyl (C=O) groups excluding carboxylic acids is 2. The van der Waals surface area contributed by atoms with Crippen molar-refractivity contribution in [2.24, 2.45) is 5.92 Å². The minimum absolute atomic E-state index is 0.0388. The van der Waals surface area contributed by atoms with E-state index < -0.39 is 40.4 Å². The Morgan fingerprint density at radius 2 is 1.86 bits per heavy atom. The number of sulfonamides is 1. The Labute approximate surface area is 224 Å². The van der Waals surface area contributed by atoms with Gasteiger partial charge in [0.15, 0.2) is 0 Å². The van der Waals surface area contributed by atoms with Crippen LogP contribution in [0.5, 0.6) is 0 Å². The Morgan fingerprint density at radius 3 is 2.51 bits per heavy atom. The van der Waals surface area contributed by atoms with Crippen molar-refractivity contribution in [1.29, 1.82) is 0 Å². The van der Waals surface area contributed by atoms with Crippen molar-refractivity contribution >= 4 is 54.9 Å². The minimum atomic E-state index is -4.14. The van der Waals surface area contributed by atoms with Crippen molar-refractivity contribution < 1.29 is 27.5 Å². The van der Waals surface area contributed by atoms with Gasteiger partial charge >= 0.3 is 0 Å². The molecule has 0 fully saturated rings. The minimum Gasteiger partial charge on any atom is -0.395 e. The third-order valence-electron chi connectivity index (χ3n) is 5.50. The highest BCUT2D eigenvalue weighted by molar-refractivity contribution is 7.89. The topological polar surface area (TPSA) is 125 Å². The Bertz CT molecular complexity index is 1330. The van der Waals surface area contributed by atoms with Crippen molar-refractivity contribution in [3.8, 4) is 0 Å². The number of thiophene rings is 1. The van der Waals surface area contributed by atoms with E-state index in [0.717, 1.165) is 28.3 Å². The Kier molecular flexibility index (Phi) is 10.0. The van der Waals surface area contributed by atoms with Crippen LogP contribution in [-0.4, -0.2) is 50.6 Å². The summed E-state index contributed by atoms with van der Waals surface area (Å²) in [6.45, 7) is 3.37. The standard InChI is InChI=1S/C25H29ClFN3O5S2/c1-15(2)11-20(29-25(33)22-12-16-5-3-4-6-21(16)36-22)24(32)28-10-9-18(14-31)30-37(34,35)23-8-7-17(27)13-19(23)26/h3-8,12-13,15,18,20,30-31H,9-11,14H2,1-2H3,(H,28,32)(H,29,33)/t18-,20-/m0/s1. The lowest BCUT2D eigenvalue weighted by molar-refractivity contribution is -0.123. The molecule has 0 radical (unpaired) electrons. The highest BCUT2D eigenvalue weighted by atomic mass is 35.5. The smallest absolute Gasteiger partial charge is 0.262 e. The molecule has 0 saturated heterocycles. The van der Waals surface area contributed by atoms with E-state index in [1.165, 1.54) is 11.3 Å². The summed E-state index contributed by atoms with van der Waals surface area (Å²) in [6.07, 6.45) is 0.473. The Hall–Kier alpha value is -2.57. The fourth-order valence-electron chi connectivity index (χ4n) is 3.68. The van der Waals surface area contributed by atoms with Gasteiger partial charge in [0.1, 0.15) is 16.8 Å². The average molecular weight is 570 g/mol. The summed E-state index contributed by atoms with van der Waals surface area (Å²) in [4.78, 5) is 25.9. The van der Waals surface area contributed by atoms with E-state index in [-0.39, 0.29) is 34.7 Å². The van der Waals surface area contributed by atoms with Crippen LogP contribution in [0.1, 0.15) is 36.4 Å². The molecule has 8 nitrogen and oxygen atoms in total. The summed E-state index contributed by atoms with van der Waals surface area (Å²) >= 11 is 7.20. The summed E-state index contributed by atoms with van der Waals surface area (Å²) in [6, 6.07) is 10.6. The maximum atomic E-state index is 13.3. The molecular formula is C25H29ClFN3O5S2. The number of fused-ring (bicyclic) bond motifs is 1. The molecule has 3 rings (SSSR count). The van der Waals surface area contributed by atoms with Gasteiger partial charge < -0.3 is 15.7 Å². The monoisotopic (exact) mass is 569 g/mol. The summed E-state index contributed by atoms with van der Waals surface area (Å²) in [5.74, 6) is -1.32. The first-order chi connectivity index (χ1) is 17.5. The van der Waals surface area contributed by atoms with E-state index in [0.29, 0.717) is 11.3 Å². The molecule has 37 heavy (non-hydrogen) atoms. The molecule has 1 heterocycles. The molecule has 0 unspecified atom stereocenters. The van der Waals surface area contributed by atoms with Gasteiger partial charge in [-0.15, -0.1) is 11.3 Å². The predicted octanol–water partition coefficient (Wildman–Crippen LogP) is 3.68. The van der Waals surface area contributed by atoms with Crippen LogP contribution in [0.3, 0.4) is 0 Å². The largest absolute Gasteiger partial charge is 0.395 e. The summed E-state index contributed by atoms with van der Waals surface area (Å²) in [5.41, 5.74) is 0. The summed E-state index contributed by atoms with van der Waals surface area (Å²) in [5, 5.41) is 15.8. The van der Waals surface area contributed by atoms with Gasteiger partial charge in [0.05, 0.1) is 16.5 Å². The molecule has 0 aliphatic rings. The SMILES string of the molecule is CC(C)C[C@H](NC(=O)c1cc2ccccc2s1)C(=O)NCC[C@@H](CO)NS(=O)(=O)c1ccc(F)cc1Cl. The fourth-order valence-corrected chi connectivity index (χ4v) is 6.44. The number of aliphatic hydroxyl groups is 1. The van der Waals surface area contributed by atoms with Crippen molar-refractivity contribution in [3.63, 3.8) is 0 Å². The van der Waals surface area contributed by atoms with Crippen molar-refractivity contribution in [3.05, 3.63) is 64.2 Å². The third kappa shape index (κ3) is 7.96. The van der Waals surface area contributed by atoms with Crippen molar-refractivity contribution in [2.75, 3.05) is 13.2 Å². The molecule has 1 aromatic heterocycles. The van der Waals surface area contributed by atoms with E-state index in [1.807, 2.05) is 38.1 Å². The number of rotatable bonds is 12. The van der Waals surface area contributed by atoms with Gasteiger partial charge in [-0.3, -0.25) is 9.59 Å². The van der Waals surface area contributed by atoms with Gasteiger partial charge in [-0.1, -0.05) is 43.6 Å². The Morgan fingerprint density at radius 1 is 1.14 bits per heavy atom. The molecular weight excluding hydrogens is 541 g/mol. The quantitative estimate of drug-likeness (QED) is 0.265. The number of benzene rings is 2. The van der Waals surface area contributed by atoms with Crippen LogP contribution >= 0.6 is 22.9 Å². The van der Waals surface area contributed by atoms with E-state index in [2.05, 4.69) is 15.4 Å². The lowest BCUT2D eigenvalue weighted by Crippen LogP contribution is -2.48. The molecule has 0 saturated carbocycles. The molecule has 2 aromatic carbocycles. The molecule has 0 spiro atoms. The molecule has 4 N–H and O–H groups in total. The third-order valence-corrected chi connectivity index (χ3v) is 8.61. The van der Waals surface area contributed by atoms with Gasteiger partial charge in [-0.05, 0) is 54.5 Å². The fraction of sp³-hybridized carbons (Fsp3) is 0.360. The maximum Gasteiger partial charge on any atom is 0.262 e. The summed E-state index contributed by atoms with van der Waals surface area (Å²) < 4.78 is 41.8.